The molecule has 0 N–H and O–H groups in total. The van der Waals surface area contributed by atoms with Crippen molar-refractivity contribution in [1.82, 2.24) is 9.80 Å². The molecule has 0 saturated carbocycles. The molecule has 2 heterocycles. The van der Waals surface area contributed by atoms with Crippen LogP contribution in [0.3, 0.4) is 0 Å². The summed E-state index contributed by atoms with van der Waals surface area (Å²) in [6.07, 6.45) is 0. The first-order valence-corrected chi connectivity index (χ1v) is 10.4. The first kappa shape index (κ1) is 19.9. The minimum atomic E-state index is -0.138. The Kier molecular flexibility index (Phi) is 5.83. The van der Waals surface area contributed by atoms with E-state index in [4.69, 9.17) is 23.2 Å². The van der Waals surface area contributed by atoms with E-state index in [-0.39, 0.29) is 18.5 Å². The van der Waals surface area contributed by atoms with E-state index >= 15 is 0 Å². The van der Waals surface area contributed by atoms with Gasteiger partial charge in [0.1, 0.15) is 6.54 Å². The standard InChI is InChI=1S/C21H22Cl2N4O2/c22-16-1-5-18(6-2-16)24-9-11-25(12-10-24)20(28)15-26-13-14-27(21(26)29)19-7-3-17(23)4-8-19/h1-8H,9-15H2. The minimum Gasteiger partial charge on any atom is -0.368 e. The molecule has 2 aliphatic rings. The zero-order valence-corrected chi connectivity index (χ0v) is 17.4. The van der Waals surface area contributed by atoms with E-state index in [2.05, 4.69) is 4.90 Å². The fourth-order valence-electron chi connectivity index (χ4n) is 3.72. The predicted molar refractivity (Wildman–Crippen MR) is 116 cm³/mol. The van der Waals surface area contributed by atoms with Crippen molar-refractivity contribution in [2.45, 2.75) is 0 Å². The quantitative estimate of drug-likeness (QED) is 0.741. The van der Waals surface area contributed by atoms with Crippen molar-refractivity contribution < 1.29 is 9.59 Å². The van der Waals surface area contributed by atoms with Crippen molar-refractivity contribution in [2.24, 2.45) is 0 Å². The van der Waals surface area contributed by atoms with Crippen LogP contribution < -0.4 is 9.80 Å². The van der Waals surface area contributed by atoms with Crippen molar-refractivity contribution >= 4 is 46.5 Å². The molecule has 0 bridgehead atoms. The molecule has 2 saturated heterocycles. The van der Waals surface area contributed by atoms with Crippen LogP contribution in [0.2, 0.25) is 10.0 Å². The Hall–Kier alpha value is -2.44. The molecule has 0 spiro atoms. The van der Waals surface area contributed by atoms with Gasteiger partial charge < -0.3 is 14.7 Å². The van der Waals surface area contributed by atoms with Gasteiger partial charge in [-0.25, -0.2) is 4.79 Å². The molecular weight excluding hydrogens is 411 g/mol. The zero-order valence-electron chi connectivity index (χ0n) is 15.9. The summed E-state index contributed by atoms with van der Waals surface area (Å²) >= 11 is 11.9. The highest BCUT2D eigenvalue weighted by molar-refractivity contribution is 6.30. The SMILES string of the molecule is O=C(CN1CCN(c2ccc(Cl)cc2)C1=O)N1CCN(c2ccc(Cl)cc2)CC1. The molecule has 2 aliphatic heterocycles. The lowest BCUT2D eigenvalue weighted by Gasteiger charge is -2.36. The Morgan fingerprint density at radius 1 is 0.759 bits per heavy atom. The van der Waals surface area contributed by atoms with Gasteiger partial charge in [-0.2, -0.15) is 0 Å². The van der Waals surface area contributed by atoms with E-state index in [1.165, 1.54) is 0 Å². The number of halogens is 2. The topological polar surface area (TPSA) is 47.1 Å². The number of anilines is 2. The van der Waals surface area contributed by atoms with Gasteiger partial charge in [-0.3, -0.25) is 9.69 Å². The lowest BCUT2D eigenvalue weighted by Crippen LogP contribution is -2.51. The van der Waals surface area contributed by atoms with Crippen LogP contribution in [0.4, 0.5) is 16.2 Å². The third-order valence-electron chi connectivity index (χ3n) is 5.38. The number of benzene rings is 2. The number of hydrogen-bond acceptors (Lipinski definition) is 3. The molecular formula is C21H22Cl2N4O2. The maximum Gasteiger partial charge on any atom is 0.325 e. The van der Waals surface area contributed by atoms with Crippen molar-refractivity contribution in [2.75, 3.05) is 55.6 Å². The van der Waals surface area contributed by atoms with Gasteiger partial charge in [-0.05, 0) is 48.5 Å². The third-order valence-corrected chi connectivity index (χ3v) is 5.89. The first-order valence-electron chi connectivity index (χ1n) is 9.61. The highest BCUT2D eigenvalue weighted by Crippen LogP contribution is 2.23. The van der Waals surface area contributed by atoms with Crippen LogP contribution in [-0.2, 0) is 4.79 Å². The highest BCUT2D eigenvalue weighted by Gasteiger charge is 2.32. The van der Waals surface area contributed by atoms with Crippen LogP contribution >= 0.6 is 23.2 Å². The molecule has 29 heavy (non-hydrogen) atoms. The molecule has 0 aromatic heterocycles. The summed E-state index contributed by atoms with van der Waals surface area (Å²) in [5, 5.41) is 1.34. The molecule has 2 fully saturated rings. The van der Waals surface area contributed by atoms with Gasteiger partial charge in [0.25, 0.3) is 0 Å². The van der Waals surface area contributed by atoms with E-state index in [0.717, 1.165) is 24.5 Å². The maximum atomic E-state index is 12.7. The monoisotopic (exact) mass is 432 g/mol. The van der Waals surface area contributed by atoms with Crippen LogP contribution in [0.15, 0.2) is 48.5 Å². The lowest BCUT2D eigenvalue weighted by atomic mass is 10.2. The first-order chi connectivity index (χ1) is 14.0. The van der Waals surface area contributed by atoms with E-state index in [1.807, 2.05) is 41.3 Å². The summed E-state index contributed by atoms with van der Waals surface area (Å²) in [7, 11) is 0. The second-order valence-corrected chi connectivity index (χ2v) is 8.05. The normalized spacial score (nSPS) is 17.2. The van der Waals surface area contributed by atoms with Crippen molar-refractivity contribution in [3.63, 3.8) is 0 Å². The molecule has 0 radical (unpaired) electrons. The van der Waals surface area contributed by atoms with Crippen LogP contribution in [-0.4, -0.2) is 67.6 Å². The van der Waals surface area contributed by atoms with Crippen LogP contribution in [0.25, 0.3) is 0 Å². The molecule has 0 aliphatic carbocycles. The van der Waals surface area contributed by atoms with Gasteiger partial charge in [0.05, 0.1) is 0 Å². The number of carbonyl (C=O) groups excluding carboxylic acids is 2. The minimum absolute atomic E-state index is 0.00735. The molecule has 4 rings (SSSR count). The van der Waals surface area contributed by atoms with Gasteiger partial charge in [0, 0.05) is 60.7 Å². The molecule has 0 unspecified atom stereocenters. The molecule has 8 heteroatoms. The third kappa shape index (κ3) is 4.43. The number of carbonyl (C=O) groups is 2. The van der Waals surface area contributed by atoms with E-state index in [9.17, 15) is 9.59 Å². The van der Waals surface area contributed by atoms with Gasteiger partial charge in [0.15, 0.2) is 0 Å². The van der Waals surface area contributed by atoms with Crippen molar-refractivity contribution in [1.29, 1.82) is 0 Å². The largest absolute Gasteiger partial charge is 0.368 e. The second kappa shape index (κ2) is 8.51. The number of hydrogen-bond donors (Lipinski definition) is 0. The summed E-state index contributed by atoms with van der Waals surface area (Å²) in [4.78, 5) is 32.8. The van der Waals surface area contributed by atoms with E-state index < -0.39 is 0 Å². The smallest absolute Gasteiger partial charge is 0.325 e. The number of rotatable bonds is 4. The van der Waals surface area contributed by atoms with Crippen LogP contribution in [0.5, 0.6) is 0 Å². The van der Waals surface area contributed by atoms with Gasteiger partial charge in [-0.15, -0.1) is 0 Å². The lowest BCUT2D eigenvalue weighted by molar-refractivity contribution is -0.131. The molecule has 0 atom stereocenters. The summed E-state index contributed by atoms with van der Waals surface area (Å²) in [5.74, 6) is -0.00735. The Balaban J connectivity index is 1.30. The molecule has 152 valence electrons. The molecule has 6 nitrogen and oxygen atoms in total. The maximum absolute atomic E-state index is 12.7. The number of piperazine rings is 1. The summed E-state index contributed by atoms with van der Waals surface area (Å²) in [6.45, 7) is 4.03. The van der Waals surface area contributed by atoms with E-state index in [1.54, 1.807) is 21.9 Å². The highest BCUT2D eigenvalue weighted by atomic mass is 35.5. The zero-order chi connectivity index (χ0) is 20.4. The summed E-state index contributed by atoms with van der Waals surface area (Å²) < 4.78 is 0. The Bertz CT molecular complexity index is 881. The average Bonchev–Trinajstić information content (AvgIpc) is 3.09. The Labute approximate surface area is 180 Å². The van der Waals surface area contributed by atoms with Crippen LogP contribution in [0.1, 0.15) is 0 Å². The Morgan fingerprint density at radius 3 is 1.90 bits per heavy atom. The fourth-order valence-corrected chi connectivity index (χ4v) is 3.97. The van der Waals surface area contributed by atoms with Gasteiger partial charge in [-0.1, -0.05) is 23.2 Å². The van der Waals surface area contributed by atoms with Crippen molar-refractivity contribution in [3.8, 4) is 0 Å². The predicted octanol–water partition coefficient (Wildman–Crippen LogP) is 3.58. The van der Waals surface area contributed by atoms with Gasteiger partial charge in [0.2, 0.25) is 5.91 Å². The fraction of sp³-hybridized carbons (Fsp3) is 0.333. The van der Waals surface area contributed by atoms with E-state index in [0.29, 0.717) is 36.2 Å². The van der Waals surface area contributed by atoms with Gasteiger partial charge >= 0.3 is 6.03 Å². The second-order valence-electron chi connectivity index (χ2n) is 7.18. The summed E-state index contributed by atoms with van der Waals surface area (Å²) in [5.41, 5.74) is 1.90. The summed E-state index contributed by atoms with van der Waals surface area (Å²) in [6, 6.07) is 14.8. The molecule has 3 amide bonds. The number of nitrogens with zero attached hydrogens (tertiary/aromatic N) is 4. The number of urea groups is 1. The number of amides is 3. The van der Waals surface area contributed by atoms with Crippen LogP contribution in [0, 0.1) is 0 Å². The Morgan fingerprint density at radius 2 is 1.31 bits per heavy atom. The van der Waals surface area contributed by atoms with Crippen molar-refractivity contribution in [3.05, 3.63) is 58.6 Å². The molecule has 2 aromatic carbocycles. The average molecular weight is 433 g/mol. The molecule has 2 aromatic rings.